The van der Waals surface area contributed by atoms with E-state index in [2.05, 4.69) is 22.3 Å². The fraction of sp³-hybridized carbons (Fsp3) is 0.389. The van der Waals surface area contributed by atoms with Crippen molar-refractivity contribution < 1.29 is 4.79 Å². The zero-order valence-corrected chi connectivity index (χ0v) is 13.3. The summed E-state index contributed by atoms with van der Waals surface area (Å²) in [6.45, 7) is 3.44. The van der Waals surface area contributed by atoms with Gasteiger partial charge in [0.1, 0.15) is 0 Å². The molecule has 0 saturated carbocycles. The molecule has 2 aliphatic heterocycles. The fourth-order valence-electron chi connectivity index (χ4n) is 3.64. The Morgan fingerprint density at radius 2 is 2.00 bits per heavy atom. The molecule has 2 aliphatic rings. The van der Waals surface area contributed by atoms with Crippen LogP contribution in [0.1, 0.15) is 22.5 Å². The van der Waals surface area contributed by atoms with Crippen molar-refractivity contribution in [1.82, 2.24) is 10.2 Å². The molecular weight excluding hydrogens is 292 g/mol. The third-order valence-corrected chi connectivity index (χ3v) is 5.82. The Morgan fingerprint density at radius 1 is 1.14 bits per heavy atom. The average Bonchev–Trinajstić information content (AvgIpc) is 3.15. The normalized spacial score (nSPS) is 26.8. The lowest BCUT2D eigenvalue weighted by Gasteiger charge is -2.30. The van der Waals surface area contributed by atoms with Crippen LogP contribution in [0.3, 0.4) is 0 Å². The van der Waals surface area contributed by atoms with Gasteiger partial charge in [-0.25, -0.2) is 0 Å². The summed E-state index contributed by atoms with van der Waals surface area (Å²) in [6.07, 6.45) is 2.43. The van der Waals surface area contributed by atoms with Crippen LogP contribution in [0.25, 0.3) is 10.4 Å². The highest BCUT2D eigenvalue weighted by Gasteiger charge is 2.33. The number of carbonyl (C=O) groups is 1. The smallest absolute Gasteiger partial charge is 0.261 e. The number of hydrogen-bond acceptors (Lipinski definition) is 3. The van der Waals surface area contributed by atoms with E-state index in [1.165, 1.54) is 25.1 Å². The fourth-order valence-corrected chi connectivity index (χ4v) is 4.55. The minimum atomic E-state index is 0.0830. The van der Waals surface area contributed by atoms with Crippen molar-refractivity contribution in [2.75, 3.05) is 19.6 Å². The van der Waals surface area contributed by atoms with Crippen molar-refractivity contribution >= 4 is 17.2 Å². The summed E-state index contributed by atoms with van der Waals surface area (Å²) >= 11 is 1.57. The lowest BCUT2D eigenvalue weighted by Crippen LogP contribution is -2.46. The lowest BCUT2D eigenvalue weighted by molar-refractivity contribution is 0.0913. The third kappa shape index (κ3) is 2.81. The van der Waals surface area contributed by atoms with Gasteiger partial charge in [-0.3, -0.25) is 4.79 Å². The molecule has 0 spiro atoms. The molecule has 2 fully saturated rings. The summed E-state index contributed by atoms with van der Waals surface area (Å²) in [5.41, 5.74) is 1.17. The number of carbonyl (C=O) groups excluding carboxylic acids is 1. The molecule has 1 aromatic heterocycles. The maximum absolute atomic E-state index is 12.5. The van der Waals surface area contributed by atoms with Crippen LogP contribution in [-0.2, 0) is 0 Å². The number of piperidine rings is 1. The molecule has 0 radical (unpaired) electrons. The second-order valence-electron chi connectivity index (χ2n) is 6.35. The van der Waals surface area contributed by atoms with E-state index in [1.807, 2.05) is 30.3 Å². The molecule has 1 unspecified atom stereocenters. The summed E-state index contributed by atoms with van der Waals surface area (Å²) in [7, 11) is 0. The first-order valence-electron chi connectivity index (χ1n) is 7.96. The van der Waals surface area contributed by atoms with Gasteiger partial charge in [-0.05, 0) is 43.0 Å². The van der Waals surface area contributed by atoms with E-state index >= 15 is 0 Å². The maximum atomic E-state index is 12.5. The first-order valence-corrected chi connectivity index (χ1v) is 8.78. The van der Waals surface area contributed by atoms with E-state index in [0.29, 0.717) is 6.04 Å². The molecule has 2 bridgehead atoms. The Hall–Kier alpha value is -1.65. The van der Waals surface area contributed by atoms with Crippen LogP contribution < -0.4 is 5.32 Å². The number of amides is 1. The predicted molar refractivity (Wildman–Crippen MR) is 90.2 cm³/mol. The van der Waals surface area contributed by atoms with Gasteiger partial charge in [0, 0.05) is 24.0 Å². The zero-order valence-electron chi connectivity index (χ0n) is 12.5. The molecule has 2 saturated heterocycles. The number of nitrogens with zero attached hydrogens (tertiary/aromatic N) is 1. The van der Waals surface area contributed by atoms with Crippen LogP contribution in [0.15, 0.2) is 42.5 Å². The van der Waals surface area contributed by atoms with E-state index in [0.717, 1.165) is 28.6 Å². The van der Waals surface area contributed by atoms with Crippen molar-refractivity contribution in [1.29, 1.82) is 0 Å². The number of hydrogen-bond donors (Lipinski definition) is 1. The van der Waals surface area contributed by atoms with E-state index < -0.39 is 0 Å². The Balaban J connectivity index is 1.44. The predicted octanol–water partition coefficient (Wildman–Crippen LogP) is 3.24. The lowest BCUT2D eigenvalue weighted by atomic mass is 9.97. The van der Waals surface area contributed by atoms with Crippen molar-refractivity contribution in [2.24, 2.45) is 5.92 Å². The molecule has 1 amide bonds. The van der Waals surface area contributed by atoms with Crippen LogP contribution in [-0.4, -0.2) is 36.5 Å². The van der Waals surface area contributed by atoms with Crippen LogP contribution in [0.4, 0.5) is 0 Å². The number of thiophene rings is 1. The summed E-state index contributed by atoms with van der Waals surface area (Å²) in [5, 5.41) is 3.23. The minimum absolute atomic E-state index is 0.0830. The second-order valence-corrected chi connectivity index (χ2v) is 7.43. The molecular formula is C18H20N2OS. The number of benzene rings is 1. The van der Waals surface area contributed by atoms with E-state index in [-0.39, 0.29) is 5.91 Å². The number of fused-ring (bicyclic) bond motifs is 2. The largest absolute Gasteiger partial charge is 0.347 e. The van der Waals surface area contributed by atoms with Gasteiger partial charge in [-0.2, -0.15) is 0 Å². The molecule has 1 N–H and O–H groups in total. The van der Waals surface area contributed by atoms with Gasteiger partial charge in [-0.1, -0.05) is 30.3 Å². The van der Waals surface area contributed by atoms with E-state index in [4.69, 9.17) is 0 Å². The van der Waals surface area contributed by atoms with E-state index in [1.54, 1.807) is 11.3 Å². The van der Waals surface area contributed by atoms with Crippen molar-refractivity contribution in [3.05, 3.63) is 47.3 Å². The molecule has 4 heteroatoms. The average molecular weight is 312 g/mol. The van der Waals surface area contributed by atoms with Gasteiger partial charge >= 0.3 is 0 Å². The Morgan fingerprint density at radius 3 is 2.82 bits per heavy atom. The van der Waals surface area contributed by atoms with Gasteiger partial charge in [-0.15, -0.1) is 11.3 Å². The SMILES string of the molecule is O=C(N[C@@H]1C[C@@H]2CCN(C2)C1)c1ccc(-c2ccccc2)s1. The van der Waals surface area contributed by atoms with Crippen molar-refractivity contribution in [3.63, 3.8) is 0 Å². The van der Waals surface area contributed by atoms with Gasteiger partial charge < -0.3 is 10.2 Å². The Kier molecular flexibility index (Phi) is 3.72. The highest BCUT2D eigenvalue weighted by molar-refractivity contribution is 7.17. The van der Waals surface area contributed by atoms with Gasteiger partial charge in [0.05, 0.1) is 4.88 Å². The molecule has 0 aliphatic carbocycles. The van der Waals surface area contributed by atoms with Crippen LogP contribution in [0.2, 0.25) is 0 Å². The van der Waals surface area contributed by atoms with Gasteiger partial charge in [0.15, 0.2) is 0 Å². The maximum Gasteiger partial charge on any atom is 0.261 e. The number of nitrogens with one attached hydrogen (secondary N) is 1. The standard InChI is InChI=1S/C18H20N2OS/c21-18(19-15-10-13-8-9-20(11-13)12-15)17-7-6-16(22-17)14-4-2-1-3-5-14/h1-7,13,15H,8-12H2,(H,19,21)/t13-,15+/m0/s1. The number of rotatable bonds is 3. The van der Waals surface area contributed by atoms with Crippen LogP contribution >= 0.6 is 11.3 Å². The molecule has 1 aromatic carbocycles. The van der Waals surface area contributed by atoms with Crippen LogP contribution in [0.5, 0.6) is 0 Å². The zero-order chi connectivity index (χ0) is 14.9. The Bertz CT molecular complexity index is 655. The third-order valence-electron chi connectivity index (χ3n) is 4.69. The summed E-state index contributed by atoms with van der Waals surface area (Å²) < 4.78 is 0. The molecule has 3 heterocycles. The first kappa shape index (κ1) is 14.0. The molecule has 2 aromatic rings. The highest BCUT2D eigenvalue weighted by Crippen LogP contribution is 2.29. The highest BCUT2D eigenvalue weighted by atomic mass is 32.1. The van der Waals surface area contributed by atoms with Crippen molar-refractivity contribution in [3.8, 4) is 10.4 Å². The Labute approximate surface area is 135 Å². The molecule has 4 rings (SSSR count). The van der Waals surface area contributed by atoms with Crippen LogP contribution in [0, 0.1) is 5.92 Å². The molecule has 114 valence electrons. The van der Waals surface area contributed by atoms with Gasteiger partial charge in [0.2, 0.25) is 0 Å². The molecule has 3 atom stereocenters. The first-order chi connectivity index (χ1) is 10.8. The summed E-state index contributed by atoms with van der Waals surface area (Å²) in [5.74, 6) is 0.863. The second kappa shape index (κ2) is 5.86. The quantitative estimate of drug-likeness (QED) is 0.943. The topological polar surface area (TPSA) is 32.3 Å². The minimum Gasteiger partial charge on any atom is -0.347 e. The van der Waals surface area contributed by atoms with E-state index in [9.17, 15) is 4.79 Å². The molecule has 22 heavy (non-hydrogen) atoms. The summed E-state index contributed by atoms with van der Waals surface area (Å²) in [6, 6.07) is 14.5. The summed E-state index contributed by atoms with van der Waals surface area (Å²) in [4.78, 5) is 16.9. The molecule has 3 nitrogen and oxygen atoms in total. The monoisotopic (exact) mass is 312 g/mol. The van der Waals surface area contributed by atoms with Crippen molar-refractivity contribution in [2.45, 2.75) is 18.9 Å². The van der Waals surface area contributed by atoms with Gasteiger partial charge in [0.25, 0.3) is 5.91 Å².